The number of ether oxygens (including phenoxy) is 1. The summed E-state index contributed by atoms with van der Waals surface area (Å²) in [5.41, 5.74) is -0.0240. The molecule has 0 atom stereocenters. The lowest BCUT2D eigenvalue weighted by Crippen LogP contribution is -2.53. The fraction of sp³-hybridized carbons (Fsp3) is 0.737. The Morgan fingerprint density at radius 3 is 2.52 bits per heavy atom. The van der Waals surface area contributed by atoms with Gasteiger partial charge in [-0.25, -0.2) is 0 Å². The summed E-state index contributed by atoms with van der Waals surface area (Å²) in [7, 11) is 0. The summed E-state index contributed by atoms with van der Waals surface area (Å²) >= 11 is 0. The summed E-state index contributed by atoms with van der Waals surface area (Å²) in [6.45, 7) is 1.89. The lowest BCUT2D eigenvalue weighted by molar-refractivity contribution is -0.146. The van der Waals surface area contributed by atoms with Crippen LogP contribution in [0.3, 0.4) is 0 Å². The van der Waals surface area contributed by atoms with Crippen LogP contribution in [-0.2, 0) is 16.1 Å². The van der Waals surface area contributed by atoms with Gasteiger partial charge in [0.1, 0.15) is 12.4 Å². The van der Waals surface area contributed by atoms with E-state index in [4.69, 9.17) is 9.15 Å². The monoisotopic (exact) mass is 317 g/mol. The maximum absolute atomic E-state index is 12.7. The van der Waals surface area contributed by atoms with Crippen molar-refractivity contribution in [2.45, 2.75) is 51.6 Å². The molecule has 126 valence electrons. The number of hydrogen-bond acceptors (Lipinski definition) is 3. The normalized spacial score (nSPS) is 34.7. The minimum Gasteiger partial charge on any atom is -0.467 e. The fourth-order valence-electron chi connectivity index (χ4n) is 5.52. The van der Waals surface area contributed by atoms with Crippen molar-refractivity contribution in [1.82, 2.24) is 5.32 Å². The molecular weight excluding hydrogens is 290 g/mol. The van der Waals surface area contributed by atoms with E-state index in [1.807, 2.05) is 12.1 Å². The first-order chi connectivity index (χ1) is 11.2. The average Bonchev–Trinajstić information content (AvgIpc) is 3.02. The van der Waals surface area contributed by atoms with Crippen LogP contribution in [0.1, 0.15) is 50.7 Å². The second-order valence-electron chi connectivity index (χ2n) is 7.94. The summed E-state index contributed by atoms with van der Waals surface area (Å²) in [5, 5.41) is 3.19. The smallest absolute Gasteiger partial charge is 0.226 e. The molecule has 1 aromatic heterocycles. The van der Waals surface area contributed by atoms with Gasteiger partial charge in [0, 0.05) is 18.6 Å². The number of carbonyl (C=O) groups is 1. The van der Waals surface area contributed by atoms with E-state index in [-0.39, 0.29) is 5.41 Å². The van der Waals surface area contributed by atoms with Crippen molar-refractivity contribution in [3.63, 3.8) is 0 Å². The number of furan rings is 1. The van der Waals surface area contributed by atoms with Crippen molar-refractivity contribution in [2.24, 2.45) is 23.2 Å². The zero-order valence-corrected chi connectivity index (χ0v) is 13.8. The Bertz CT molecular complexity index is 502. The first kappa shape index (κ1) is 15.3. The Morgan fingerprint density at radius 1 is 1.22 bits per heavy atom. The zero-order valence-electron chi connectivity index (χ0n) is 13.8. The molecule has 4 fully saturated rings. The van der Waals surface area contributed by atoms with Crippen LogP contribution in [0.15, 0.2) is 22.8 Å². The molecule has 0 aromatic carbocycles. The molecular formula is C19H27NO3. The third kappa shape index (κ3) is 3.18. The molecule has 0 aliphatic heterocycles. The number of carbonyl (C=O) groups excluding carboxylic acids is 1. The molecule has 4 heteroatoms. The SMILES string of the molecule is O=C(NCCCOCc1ccco1)C12CC3CC(CC(C3)C1)C2. The van der Waals surface area contributed by atoms with Gasteiger partial charge in [0.2, 0.25) is 5.91 Å². The lowest BCUT2D eigenvalue weighted by atomic mass is 9.49. The van der Waals surface area contributed by atoms with Gasteiger partial charge >= 0.3 is 0 Å². The first-order valence-corrected chi connectivity index (χ1v) is 9.12. The maximum Gasteiger partial charge on any atom is 0.226 e. The summed E-state index contributed by atoms with van der Waals surface area (Å²) in [5.74, 6) is 3.64. The molecule has 0 saturated heterocycles. The van der Waals surface area contributed by atoms with Crippen molar-refractivity contribution in [3.05, 3.63) is 24.2 Å². The van der Waals surface area contributed by atoms with E-state index < -0.39 is 0 Å². The highest BCUT2D eigenvalue weighted by Gasteiger charge is 2.54. The van der Waals surface area contributed by atoms with Gasteiger partial charge in [-0.2, -0.15) is 0 Å². The van der Waals surface area contributed by atoms with Crippen molar-refractivity contribution < 1.29 is 13.9 Å². The summed E-state index contributed by atoms with van der Waals surface area (Å²) < 4.78 is 10.8. The van der Waals surface area contributed by atoms with Crippen molar-refractivity contribution >= 4 is 5.91 Å². The Kier molecular flexibility index (Phi) is 4.18. The second kappa shape index (κ2) is 6.31. The van der Waals surface area contributed by atoms with Gasteiger partial charge < -0.3 is 14.5 Å². The Labute approximate surface area is 138 Å². The number of amides is 1. The summed E-state index contributed by atoms with van der Waals surface area (Å²) in [6, 6.07) is 3.78. The molecule has 4 aliphatic carbocycles. The molecule has 1 amide bonds. The van der Waals surface area contributed by atoms with E-state index in [1.54, 1.807) is 6.26 Å². The molecule has 1 N–H and O–H groups in total. The highest BCUT2D eigenvalue weighted by molar-refractivity contribution is 5.83. The van der Waals surface area contributed by atoms with E-state index >= 15 is 0 Å². The van der Waals surface area contributed by atoms with Gasteiger partial charge in [0.05, 0.1) is 6.26 Å². The highest BCUT2D eigenvalue weighted by atomic mass is 16.5. The third-order valence-corrected chi connectivity index (χ3v) is 6.10. The van der Waals surface area contributed by atoms with Crippen LogP contribution in [-0.4, -0.2) is 19.1 Å². The minimum absolute atomic E-state index is 0.0240. The van der Waals surface area contributed by atoms with Gasteiger partial charge in [-0.05, 0) is 74.8 Å². The fourth-order valence-corrected chi connectivity index (χ4v) is 5.52. The van der Waals surface area contributed by atoms with Crippen LogP contribution in [0.25, 0.3) is 0 Å². The molecule has 1 aromatic rings. The van der Waals surface area contributed by atoms with E-state index in [9.17, 15) is 4.79 Å². The van der Waals surface area contributed by atoms with E-state index in [2.05, 4.69) is 5.32 Å². The largest absolute Gasteiger partial charge is 0.467 e. The molecule has 4 aliphatic rings. The van der Waals surface area contributed by atoms with Gasteiger partial charge in [-0.15, -0.1) is 0 Å². The number of hydrogen-bond donors (Lipinski definition) is 1. The average molecular weight is 317 g/mol. The third-order valence-electron chi connectivity index (χ3n) is 6.10. The topological polar surface area (TPSA) is 51.5 Å². The molecule has 0 radical (unpaired) electrons. The zero-order chi connectivity index (χ0) is 15.7. The molecule has 0 unspecified atom stereocenters. The van der Waals surface area contributed by atoms with E-state index in [0.717, 1.165) is 55.7 Å². The molecule has 1 heterocycles. The molecule has 23 heavy (non-hydrogen) atoms. The van der Waals surface area contributed by atoms with Gasteiger partial charge in [0.25, 0.3) is 0 Å². The van der Waals surface area contributed by atoms with Crippen molar-refractivity contribution in [3.8, 4) is 0 Å². The maximum atomic E-state index is 12.7. The van der Waals surface area contributed by atoms with Gasteiger partial charge in [0.15, 0.2) is 0 Å². The molecule has 4 bridgehead atoms. The first-order valence-electron chi connectivity index (χ1n) is 9.12. The second-order valence-corrected chi connectivity index (χ2v) is 7.94. The van der Waals surface area contributed by atoms with Crippen molar-refractivity contribution in [1.29, 1.82) is 0 Å². The quantitative estimate of drug-likeness (QED) is 0.783. The van der Waals surface area contributed by atoms with Crippen LogP contribution in [0.2, 0.25) is 0 Å². The van der Waals surface area contributed by atoms with Crippen LogP contribution < -0.4 is 5.32 Å². The number of nitrogens with one attached hydrogen (secondary N) is 1. The summed E-state index contributed by atoms with van der Waals surface area (Å²) in [4.78, 5) is 12.7. The van der Waals surface area contributed by atoms with Crippen LogP contribution in [0.4, 0.5) is 0 Å². The van der Waals surface area contributed by atoms with Gasteiger partial charge in [-0.3, -0.25) is 4.79 Å². The van der Waals surface area contributed by atoms with Crippen LogP contribution >= 0.6 is 0 Å². The standard InChI is InChI=1S/C19H27NO3/c21-18(20-4-2-5-22-13-17-3-1-6-23-17)19-10-14-7-15(11-19)9-16(8-14)12-19/h1,3,6,14-16H,2,4-5,7-13H2,(H,20,21). The predicted molar refractivity (Wildman–Crippen MR) is 86.6 cm³/mol. The predicted octanol–water partition coefficient (Wildman–Crippen LogP) is 3.52. The van der Waals surface area contributed by atoms with Crippen molar-refractivity contribution in [2.75, 3.05) is 13.2 Å². The lowest BCUT2D eigenvalue weighted by Gasteiger charge is -2.55. The molecule has 4 saturated carbocycles. The summed E-state index contributed by atoms with van der Waals surface area (Å²) in [6.07, 6.45) is 10.1. The van der Waals surface area contributed by atoms with Crippen LogP contribution in [0.5, 0.6) is 0 Å². The molecule has 4 nitrogen and oxygen atoms in total. The Hall–Kier alpha value is -1.29. The Morgan fingerprint density at radius 2 is 1.91 bits per heavy atom. The molecule has 0 spiro atoms. The van der Waals surface area contributed by atoms with E-state index in [0.29, 0.717) is 19.1 Å². The van der Waals surface area contributed by atoms with E-state index in [1.165, 1.54) is 19.3 Å². The minimum atomic E-state index is -0.0240. The number of rotatable bonds is 7. The van der Waals surface area contributed by atoms with Crippen LogP contribution in [0, 0.1) is 23.2 Å². The highest BCUT2D eigenvalue weighted by Crippen LogP contribution is 2.60. The van der Waals surface area contributed by atoms with Gasteiger partial charge in [-0.1, -0.05) is 0 Å². The molecule has 5 rings (SSSR count). The Balaban J connectivity index is 1.19.